The molecule has 18 heavy (non-hydrogen) atoms. The van der Waals surface area contributed by atoms with Gasteiger partial charge in [-0.05, 0) is 30.6 Å². The van der Waals surface area contributed by atoms with Gasteiger partial charge in [0.1, 0.15) is 0 Å². The zero-order valence-corrected chi connectivity index (χ0v) is 12.7. The van der Waals surface area contributed by atoms with Crippen LogP contribution in [0.15, 0.2) is 0 Å². The van der Waals surface area contributed by atoms with Crippen molar-refractivity contribution in [1.82, 2.24) is 10.6 Å². The van der Waals surface area contributed by atoms with Crippen LogP contribution in [0.3, 0.4) is 0 Å². The molecule has 3 heteroatoms. The van der Waals surface area contributed by atoms with E-state index in [1.54, 1.807) is 0 Å². The molecular formula is C15H30N2O. The molecule has 0 saturated heterocycles. The van der Waals surface area contributed by atoms with E-state index in [2.05, 4.69) is 31.4 Å². The van der Waals surface area contributed by atoms with Crippen molar-refractivity contribution in [2.45, 2.75) is 59.9 Å². The first-order chi connectivity index (χ1) is 8.32. The maximum absolute atomic E-state index is 11.4. The van der Waals surface area contributed by atoms with Crippen LogP contribution >= 0.6 is 0 Å². The maximum atomic E-state index is 11.4. The lowest BCUT2D eigenvalue weighted by atomic mass is 9.70. The third-order valence-electron chi connectivity index (χ3n) is 4.05. The van der Waals surface area contributed by atoms with E-state index in [9.17, 15) is 4.79 Å². The van der Waals surface area contributed by atoms with Crippen LogP contribution in [0.4, 0.5) is 0 Å². The highest BCUT2D eigenvalue weighted by Gasteiger charge is 2.31. The summed E-state index contributed by atoms with van der Waals surface area (Å²) in [7, 11) is 0. The molecule has 0 spiro atoms. The lowest BCUT2D eigenvalue weighted by Gasteiger charge is -2.39. The van der Waals surface area contributed by atoms with Gasteiger partial charge in [0.15, 0.2) is 0 Å². The Morgan fingerprint density at radius 1 is 1.33 bits per heavy atom. The predicted molar refractivity (Wildman–Crippen MR) is 76.4 cm³/mol. The average Bonchev–Trinajstić information content (AvgIpc) is 2.25. The molecule has 2 unspecified atom stereocenters. The van der Waals surface area contributed by atoms with Crippen molar-refractivity contribution in [3.63, 3.8) is 0 Å². The second-order valence-corrected chi connectivity index (χ2v) is 6.89. The fraction of sp³-hybridized carbons (Fsp3) is 0.933. The Hall–Kier alpha value is -0.570. The van der Waals surface area contributed by atoms with E-state index in [0.717, 1.165) is 19.0 Å². The molecule has 1 amide bonds. The maximum Gasteiger partial charge on any atom is 0.222 e. The van der Waals surface area contributed by atoms with Crippen LogP contribution in [-0.4, -0.2) is 25.0 Å². The number of carbonyl (C=O) groups excluding carboxylic acids is 1. The first kappa shape index (κ1) is 15.5. The van der Waals surface area contributed by atoms with Crippen LogP contribution in [0.5, 0.6) is 0 Å². The summed E-state index contributed by atoms with van der Waals surface area (Å²) in [5.41, 5.74) is 0.503. The summed E-state index contributed by atoms with van der Waals surface area (Å²) >= 11 is 0. The van der Waals surface area contributed by atoms with Crippen LogP contribution in [0.25, 0.3) is 0 Å². The highest BCUT2D eigenvalue weighted by atomic mass is 16.1. The van der Waals surface area contributed by atoms with E-state index in [-0.39, 0.29) is 11.8 Å². The molecular weight excluding hydrogens is 224 g/mol. The van der Waals surface area contributed by atoms with Crippen LogP contribution in [0.2, 0.25) is 0 Å². The summed E-state index contributed by atoms with van der Waals surface area (Å²) in [4.78, 5) is 11.4. The zero-order valence-electron chi connectivity index (χ0n) is 12.7. The van der Waals surface area contributed by atoms with Gasteiger partial charge >= 0.3 is 0 Å². The highest BCUT2D eigenvalue weighted by Crippen LogP contribution is 2.38. The monoisotopic (exact) mass is 254 g/mol. The number of carbonyl (C=O) groups is 1. The summed E-state index contributed by atoms with van der Waals surface area (Å²) in [6, 6.07) is 0.619. The molecule has 0 aromatic rings. The van der Waals surface area contributed by atoms with Crippen molar-refractivity contribution in [3.05, 3.63) is 0 Å². The molecule has 1 saturated carbocycles. The second-order valence-electron chi connectivity index (χ2n) is 6.89. The van der Waals surface area contributed by atoms with Crippen LogP contribution < -0.4 is 10.6 Å². The average molecular weight is 254 g/mol. The van der Waals surface area contributed by atoms with Gasteiger partial charge < -0.3 is 10.6 Å². The Morgan fingerprint density at radius 2 is 2.00 bits per heavy atom. The van der Waals surface area contributed by atoms with Gasteiger partial charge in [0.2, 0.25) is 5.91 Å². The lowest BCUT2D eigenvalue weighted by Crippen LogP contribution is -2.44. The summed E-state index contributed by atoms with van der Waals surface area (Å²) in [5.74, 6) is 0.962. The van der Waals surface area contributed by atoms with Gasteiger partial charge in [0, 0.05) is 25.0 Å². The van der Waals surface area contributed by atoms with Gasteiger partial charge in [-0.15, -0.1) is 0 Å². The minimum absolute atomic E-state index is 0.0828. The molecule has 106 valence electrons. The largest absolute Gasteiger partial charge is 0.355 e. The van der Waals surface area contributed by atoms with Crippen LogP contribution in [0.1, 0.15) is 53.9 Å². The standard InChI is InChI=1S/C15H30N2O/c1-11(2)14(18)17-9-8-16-13-6-7-15(4,5)10-12(13)3/h11-13,16H,6-10H2,1-5H3,(H,17,18). The predicted octanol–water partition coefficient (Wildman–Crippen LogP) is 2.56. The van der Waals surface area contributed by atoms with Gasteiger partial charge in [0.25, 0.3) is 0 Å². The second kappa shape index (κ2) is 6.55. The third kappa shape index (κ3) is 4.97. The van der Waals surface area contributed by atoms with Gasteiger partial charge in [-0.1, -0.05) is 34.6 Å². The number of rotatable bonds is 5. The van der Waals surface area contributed by atoms with Crippen LogP contribution in [-0.2, 0) is 4.79 Å². The van der Waals surface area contributed by atoms with Crippen molar-refractivity contribution < 1.29 is 4.79 Å². The summed E-state index contributed by atoms with van der Waals surface area (Å²) in [5, 5.41) is 6.54. The molecule has 0 aliphatic heterocycles. The van der Waals surface area contributed by atoms with Crippen molar-refractivity contribution >= 4 is 5.91 Å². The number of amides is 1. The highest BCUT2D eigenvalue weighted by molar-refractivity contribution is 5.77. The first-order valence-electron chi connectivity index (χ1n) is 7.33. The van der Waals surface area contributed by atoms with Crippen molar-refractivity contribution in [2.24, 2.45) is 17.3 Å². The molecule has 0 aromatic heterocycles. The van der Waals surface area contributed by atoms with Gasteiger partial charge in [-0.25, -0.2) is 0 Å². The van der Waals surface area contributed by atoms with Crippen LogP contribution in [0, 0.1) is 17.3 Å². The van der Waals surface area contributed by atoms with E-state index in [1.807, 2.05) is 13.8 Å². The molecule has 0 bridgehead atoms. The quantitative estimate of drug-likeness (QED) is 0.740. The van der Waals surface area contributed by atoms with Crippen molar-refractivity contribution in [1.29, 1.82) is 0 Å². The first-order valence-corrected chi connectivity index (χ1v) is 7.33. The zero-order chi connectivity index (χ0) is 13.8. The van der Waals surface area contributed by atoms with Gasteiger partial charge in [-0.2, -0.15) is 0 Å². The van der Waals surface area contributed by atoms with E-state index in [0.29, 0.717) is 11.5 Å². The molecule has 1 fully saturated rings. The Bertz CT molecular complexity index is 274. The molecule has 2 atom stereocenters. The van der Waals surface area contributed by atoms with Crippen molar-refractivity contribution in [2.75, 3.05) is 13.1 Å². The number of hydrogen-bond donors (Lipinski definition) is 2. The Kier molecular flexibility index (Phi) is 5.64. The van der Waals surface area contributed by atoms with E-state index in [4.69, 9.17) is 0 Å². The molecule has 1 aliphatic rings. The Balaban J connectivity index is 2.19. The summed E-state index contributed by atoms with van der Waals surface area (Å²) in [6.45, 7) is 12.5. The molecule has 1 rings (SSSR count). The minimum Gasteiger partial charge on any atom is -0.355 e. The van der Waals surface area contributed by atoms with E-state index < -0.39 is 0 Å². The molecule has 1 aliphatic carbocycles. The van der Waals surface area contributed by atoms with Gasteiger partial charge in [-0.3, -0.25) is 4.79 Å². The Morgan fingerprint density at radius 3 is 2.56 bits per heavy atom. The molecule has 2 N–H and O–H groups in total. The fourth-order valence-electron chi connectivity index (χ4n) is 2.90. The smallest absolute Gasteiger partial charge is 0.222 e. The van der Waals surface area contributed by atoms with E-state index >= 15 is 0 Å². The van der Waals surface area contributed by atoms with E-state index in [1.165, 1.54) is 19.3 Å². The third-order valence-corrected chi connectivity index (χ3v) is 4.05. The normalized spacial score (nSPS) is 27.2. The molecule has 0 radical (unpaired) electrons. The lowest BCUT2D eigenvalue weighted by molar-refractivity contribution is -0.123. The number of hydrogen-bond acceptors (Lipinski definition) is 2. The topological polar surface area (TPSA) is 41.1 Å². The van der Waals surface area contributed by atoms with Crippen molar-refractivity contribution in [3.8, 4) is 0 Å². The SMILES string of the molecule is CC(C)C(=O)NCCNC1CCC(C)(C)CC1C. The summed E-state index contributed by atoms with van der Waals surface area (Å²) < 4.78 is 0. The fourth-order valence-corrected chi connectivity index (χ4v) is 2.90. The van der Waals surface area contributed by atoms with Gasteiger partial charge in [0.05, 0.1) is 0 Å². The molecule has 0 aromatic carbocycles. The number of nitrogens with one attached hydrogen (secondary N) is 2. The molecule has 3 nitrogen and oxygen atoms in total. The molecule has 0 heterocycles. The summed E-state index contributed by atoms with van der Waals surface area (Å²) in [6.07, 6.45) is 3.85. The Labute approximate surface area is 112 Å². The minimum atomic E-state index is 0.0828.